The Labute approximate surface area is 211 Å². The molecule has 0 aliphatic carbocycles. The van der Waals surface area contributed by atoms with Crippen molar-refractivity contribution in [1.29, 1.82) is 0 Å². The van der Waals surface area contributed by atoms with Gasteiger partial charge >= 0.3 is 0 Å². The van der Waals surface area contributed by atoms with E-state index >= 15 is 0 Å². The Balaban J connectivity index is -0.000000294. The van der Waals surface area contributed by atoms with Crippen molar-refractivity contribution in [2.75, 3.05) is 21.1 Å². The summed E-state index contributed by atoms with van der Waals surface area (Å²) in [4.78, 5) is 1.42. The summed E-state index contributed by atoms with van der Waals surface area (Å²) in [6.07, 6.45) is 32.4. The number of hydrogen-bond donors (Lipinski definition) is 2. The molecule has 5 N–H and O–H groups in total. The lowest BCUT2D eigenvalue weighted by atomic mass is 10.0. The van der Waals surface area contributed by atoms with E-state index in [1.807, 2.05) is 0 Å². The van der Waals surface area contributed by atoms with E-state index in [2.05, 4.69) is 35.0 Å². The summed E-state index contributed by atoms with van der Waals surface area (Å²) in [5, 5.41) is 0. The van der Waals surface area contributed by atoms with Crippen LogP contribution in [-0.2, 0) is 0 Å². The monoisotopic (exact) mass is 486 g/mol. The van der Waals surface area contributed by atoms with Gasteiger partial charge in [-0.1, -0.05) is 155 Å². The highest BCUT2D eigenvalue weighted by atomic mass is 35.5. The van der Waals surface area contributed by atoms with Crippen LogP contribution >= 0.6 is 0 Å². The molecule has 0 bridgehead atoms. The molecular formula is C27H64Cl2N2. The van der Waals surface area contributed by atoms with Gasteiger partial charge in [-0.3, -0.25) is 0 Å². The predicted molar refractivity (Wildman–Crippen MR) is 138 cm³/mol. The second kappa shape index (κ2) is 40.8. The van der Waals surface area contributed by atoms with Gasteiger partial charge in [-0.15, -0.1) is 0 Å². The second-order valence-electron chi connectivity index (χ2n) is 9.57. The molecule has 0 amide bonds. The molecule has 0 heterocycles. The van der Waals surface area contributed by atoms with Crippen molar-refractivity contribution in [3.8, 4) is 0 Å². The van der Waals surface area contributed by atoms with E-state index in [-0.39, 0.29) is 31.0 Å². The first-order valence-corrected chi connectivity index (χ1v) is 13.4. The lowest BCUT2D eigenvalue weighted by Crippen LogP contribution is -3.02. The maximum absolute atomic E-state index is 2.30. The van der Waals surface area contributed by atoms with E-state index in [1.54, 1.807) is 0 Å². The largest absolute Gasteiger partial charge is 1.00 e. The van der Waals surface area contributed by atoms with Gasteiger partial charge in [0.2, 0.25) is 0 Å². The molecule has 0 fully saturated rings. The van der Waals surface area contributed by atoms with Crippen LogP contribution in [0.3, 0.4) is 0 Å². The molecule has 0 saturated heterocycles. The van der Waals surface area contributed by atoms with Gasteiger partial charge in [-0.05, 0) is 0 Å². The molecule has 31 heavy (non-hydrogen) atoms. The number of hydrogen-bond acceptors (Lipinski definition) is 0. The van der Waals surface area contributed by atoms with Crippen LogP contribution < -0.4 is 35.9 Å². The zero-order chi connectivity index (χ0) is 21.1. The maximum atomic E-state index is 2.30. The van der Waals surface area contributed by atoms with Crippen molar-refractivity contribution in [2.45, 2.75) is 155 Å². The normalized spacial score (nSPS) is 9.87. The first-order valence-electron chi connectivity index (χ1n) is 13.4. The van der Waals surface area contributed by atoms with Gasteiger partial charge < -0.3 is 35.9 Å². The Bertz CT molecular complexity index is 227. The van der Waals surface area contributed by atoms with E-state index in [0.717, 1.165) is 0 Å². The van der Waals surface area contributed by atoms with E-state index in [1.165, 1.54) is 146 Å². The van der Waals surface area contributed by atoms with Crippen LogP contribution in [0.4, 0.5) is 0 Å². The highest BCUT2D eigenvalue weighted by Gasteiger charge is 1.95. The van der Waals surface area contributed by atoms with Gasteiger partial charge in [0.1, 0.15) is 0 Å². The first kappa shape index (κ1) is 41.7. The fraction of sp³-hybridized carbons (Fsp3) is 1.00. The molecule has 0 radical (unpaired) electrons. The van der Waals surface area contributed by atoms with Crippen molar-refractivity contribution in [3.05, 3.63) is 0 Å². The maximum Gasteiger partial charge on any atom is 0.0661 e. The summed E-state index contributed by atoms with van der Waals surface area (Å²) in [7, 11) is 6.25. The minimum Gasteiger partial charge on any atom is -1.00 e. The average molecular weight is 488 g/mol. The minimum absolute atomic E-state index is 0. The number of quaternary nitrogens is 2. The van der Waals surface area contributed by atoms with E-state index in [9.17, 15) is 0 Å². The van der Waals surface area contributed by atoms with Crippen molar-refractivity contribution in [3.63, 3.8) is 0 Å². The molecule has 196 valence electrons. The molecule has 0 aliphatic heterocycles. The van der Waals surface area contributed by atoms with Gasteiger partial charge in [-0.25, -0.2) is 0 Å². The molecule has 0 aromatic heterocycles. The number of rotatable bonds is 21. The van der Waals surface area contributed by atoms with Gasteiger partial charge in [0.05, 0.1) is 21.1 Å². The Morgan fingerprint density at radius 3 is 0.516 bits per heavy atom. The molecule has 4 heteroatoms. The standard InChI is InChI=1S/C24H50.C3H9N.2ClH.H3N/c1-3-5-7-9-11-13-15-17-19-21-23-24-22-20-18-16-14-12-10-8-6-4-2;1-4(2)3;;;/h3-24H2,1-2H3;1-3H3;2*1H;1H3. The van der Waals surface area contributed by atoms with Crippen LogP contribution in [0.5, 0.6) is 0 Å². The Morgan fingerprint density at radius 2 is 0.419 bits per heavy atom. The van der Waals surface area contributed by atoms with Crippen LogP contribution in [0.15, 0.2) is 0 Å². The SMILES string of the molecule is CCCCCCCCCCCCCCCCCCCCCCCC.C[NH+](C)C.[Cl-].[Cl-].[NH4+]. The fourth-order valence-electron chi connectivity index (χ4n) is 3.68. The van der Waals surface area contributed by atoms with E-state index in [0.29, 0.717) is 0 Å². The fourth-order valence-corrected chi connectivity index (χ4v) is 3.68. The third kappa shape index (κ3) is 53.6. The van der Waals surface area contributed by atoms with Crippen LogP contribution in [0, 0.1) is 0 Å². The molecule has 0 saturated carbocycles. The third-order valence-electron chi connectivity index (χ3n) is 5.46. The van der Waals surface area contributed by atoms with E-state index in [4.69, 9.17) is 0 Å². The minimum atomic E-state index is 0. The Hall–Kier alpha value is 0.500. The number of halogens is 2. The smallest absolute Gasteiger partial charge is 0.0661 e. The topological polar surface area (TPSA) is 40.9 Å². The summed E-state index contributed by atoms with van der Waals surface area (Å²) < 4.78 is 0. The van der Waals surface area contributed by atoms with Crippen molar-refractivity contribution < 1.29 is 29.7 Å². The molecule has 0 aliphatic rings. The molecule has 0 rings (SSSR count). The summed E-state index contributed by atoms with van der Waals surface area (Å²) in [5.41, 5.74) is 0. The lowest BCUT2D eigenvalue weighted by molar-refractivity contribution is -0.836. The highest BCUT2D eigenvalue weighted by Crippen LogP contribution is 2.15. The van der Waals surface area contributed by atoms with Gasteiger partial charge in [0.15, 0.2) is 0 Å². The van der Waals surface area contributed by atoms with E-state index < -0.39 is 0 Å². The summed E-state index contributed by atoms with van der Waals surface area (Å²) in [5.74, 6) is 0. The highest BCUT2D eigenvalue weighted by molar-refractivity contribution is 4.50. The Morgan fingerprint density at radius 1 is 0.323 bits per heavy atom. The zero-order valence-corrected chi connectivity index (χ0v) is 24.3. The third-order valence-corrected chi connectivity index (χ3v) is 5.46. The average Bonchev–Trinajstić information content (AvgIpc) is 2.66. The molecule has 0 aromatic carbocycles. The van der Waals surface area contributed by atoms with Gasteiger partial charge in [0, 0.05) is 0 Å². The molecular weight excluding hydrogens is 423 g/mol. The summed E-state index contributed by atoms with van der Waals surface area (Å²) >= 11 is 0. The van der Waals surface area contributed by atoms with Crippen LogP contribution in [-0.4, -0.2) is 21.1 Å². The predicted octanol–water partition coefficient (Wildman–Crippen LogP) is 2.75. The van der Waals surface area contributed by atoms with Crippen LogP contribution in [0.1, 0.15) is 155 Å². The molecule has 0 aromatic rings. The van der Waals surface area contributed by atoms with Crippen molar-refractivity contribution in [2.24, 2.45) is 0 Å². The molecule has 0 unspecified atom stereocenters. The first-order chi connectivity index (χ1) is 13.6. The quantitative estimate of drug-likeness (QED) is 0.234. The van der Waals surface area contributed by atoms with Gasteiger partial charge in [0.25, 0.3) is 0 Å². The zero-order valence-electron chi connectivity index (χ0n) is 22.8. The second-order valence-corrected chi connectivity index (χ2v) is 9.57. The summed E-state index contributed by atoms with van der Waals surface area (Å²) in [6.45, 7) is 4.60. The Kier molecular flexibility index (Phi) is 54.9. The van der Waals surface area contributed by atoms with Crippen molar-refractivity contribution >= 4 is 0 Å². The number of unbranched alkanes of at least 4 members (excludes halogenated alkanes) is 21. The van der Waals surface area contributed by atoms with Crippen molar-refractivity contribution in [1.82, 2.24) is 6.15 Å². The molecule has 0 spiro atoms. The molecule has 0 atom stereocenters. The van der Waals surface area contributed by atoms with Crippen LogP contribution in [0.2, 0.25) is 0 Å². The van der Waals surface area contributed by atoms with Crippen LogP contribution in [0.25, 0.3) is 0 Å². The summed E-state index contributed by atoms with van der Waals surface area (Å²) in [6, 6.07) is 0. The molecule has 2 nitrogen and oxygen atoms in total. The lowest BCUT2D eigenvalue weighted by Gasteiger charge is -2.04. The number of nitrogens with one attached hydrogen (secondary N) is 1. The van der Waals surface area contributed by atoms with Gasteiger partial charge in [-0.2, -0.15) is 0 Å².